The van der Waals surface area contributed by atoms with E-state index in [2.05, 4.69) is 71.0 Å². The molecular weight excluding hydrogens is 434 g/mol. The number of rotatable bonds is 7. The second kappa shape index (κ2) is 10.3. The van der Waals surface area contributed by atoms with E-state index in [0.29, 0.717) is 30.3 Å². The molecule has 5 rings (SSSR count). The maximum atomic E-state index is 13.5. The highest BCUT2D eigenvalue weighted by Crippen LogP contribution is 2.43. The van der Waals surface area contributed by atoms with E-state index in [1.165, 1.54) is 17.7 Å². The number of amides is 1. The number of likely N-dealkylation sites (tertiary alicyclic amines) is 3. The van der Waals surface area contributed by atoms with E-state index < -0.39 is 0 Å². The number of methoxy groups -OCH3 is 1. The molecule has 188 valence electrons. The van der Waals surface area contributed by atoms with Gasteiger partial charge in [0.2, 0.25) is 5.91 Å². The van der Waals surface area contributed by atoms with Crippen molar-refractivity contribution in [1.82, 2.24) is 14.7 Å². The van der Waals surface area contributed by atoms with E-state index in [-0.39, 0.29) is 5.41 Å². The normalized spacial score (nSPS) is 25.1. The molecule has 3 fully saturated rings. The van der Waals surface area contributed by atoms with Crippen molar-refractivity contribution >= 4 is 5.91 Å². The molecule has 0 bridgehead atoms. The summed E-state index contributed by atoms with van der Waals surface area (Å²) in [6.45, 7) is 11.8. The van der Waals surface area contributed by atoms with Crippen molar-refractivity contribution < 1.29 is 9.53 Å². The fraction of sp³-hybridized carbons (Fsp3) is 0.567. The molecular formula is C30H41N3O2. The Morgan fingerprint density at radius 3 is 2.29 bits per heavy atom. The summed E-state index contributed by atoms with van der Waals surface area (Å²) in [4.78, 5) is 20.9. The van der Waals surface area contributed by atoms with E-state index >= 15 is 0 Å². The minimum atomic E-state index is -0.137. The van der Waals surface area contributed by atoms with Gasteiger partial charge in [-0.2, -0.15) is 0 Å². The zero-order valence-corrected chi connectivity index (χ0v) is 21.7. The van der Waals surface area contributed by atoms with E-state index in [4.69, 9.17) is 4.74 Å². The van der Waals surface area contributed by atoms with Crippen molar-refractivity contribution in [2.75, 3.05) is 46.4 Å². The Labute approximate surface area is 211 Å². The zero-order chi connectivity index (χ0) is 24.4. The van der Waals surface area contributed by atoms with Crippen LogP contribution in [0.15, 0.2) is 54.6 Å². The van der Waals surface area contributed by atoms with Gasteiger partial charge in [0.25, 0.3) is 0 Å². The highest BCUT2D eigenvalue weighted by Gasteiger charge is 2.48. The van der Waals surface area contributed by atoms with Gasteiger partial charge in [-0.25, -0.2) is 0 Å². The van der Waals surface area contributed by atoms with Crippen LogP contribution < -0.4 is 4.74 Å². The van der Waals surface area contributed by atoms with Crippen molar-refractivity contribution in [2.24, 2.45) is 11.3 Å². The van der Waals surface area contributed by atoms with Gasteiger partial charge in [0, 0.05) is 44.7 Å². The van der Waals surface area contributed by atoms with Crippen LogP contribution in [-0.4, -0.2) is 73.0 Å². The van der Waals surface area contributed by atoms with Crippen LogP contribution in [0.1, 0.15) is 50.2 Å². The molecule has 2 aromatic rings. The van der Waals surface area contributed by atoms with Crippen molar-refractivity contribution in [3.8, 4) is 5.75 Å². The lowest BCUT2D eigenvalue weighted by atomic mass is 9.76. The zero-order valence-electron chi connectivity index (χ0n) is 21.7. The average molecular weight is 476 g/mol. The molecule has 1 amide bonds. The molecule has 1 spiro atoms. The second-order valence-electron chi connectivity index (χ2n) is 11.2. The standard InChI is InChI=1S/C30H41N3O2/c1-23(2)33-21-26(28(22-33)25-7-5-4-6-8-25)20-31-16-13-30(14-17-31)15-18-32(29(30)34)19-24-9-11-27(35-3)12-10-24/h4-12,23,26,28H,13-22H2,1-3H3/t26-,28+/m0/s1. The van der Waals surface area contributed by atoms with Crippen LogP contribution in [0.4, 0.5) is 0 Å². The molecule has 3 aliphatic rings. The molecule has 3 heterocycles. The summed E-state index contributed by atoms with van der Waals surface area (Å²) in [5.74, 6) is 2.49. The Bertz CT molecular complexity index is 982. The number of carbonyl (C=O) groups is 1. The van der Waals surface area contributed by atoms with Gasteiger partial charge in [0.05, 0.1) is 12.5 Å². The fourth-order valence-corrected chi connectivity index (χ4v) is 6.54. The molecule has 5 heteroatoms. The topological polar surface area (TPSA) is 36.0 Å². The molecule has 2 aromatic carbocycles. The van der Waals surface area contributed by atoms with E-state index in [0.717, 1.165) is 57.7 Å². The third kappa shape index (κ3) is 5.12. The van der Waals surface area contributed by atoms with Gasteiger partial charge in [-0.1, -0.05) is 42.5 Å². The Kier molecular flexibility index (Phi) is 7.17. The largest absolute Gasteiger partial charge is 0.497 e. The molecule has 3 aliphatic heterocycles. The van der Waals surface area contributed by atoms with Crippen LogP contribution in [0.25, 0.3) is 0 Å². The minimum Gasteiger partial charge on any atom is -0.497 e. The molecule has 0 saturated carbocycles. The third-order valence-corrected chi connectivity index (χ3v) is 8.87. The first-order valence-electron chi connectivity index (χ1n) is 13.4. The lowest BCUT2D eigenvalue weighted by Crippen LogP contribution is -2.46. The van der Waals surface area contributed by atoms with Crippen molar-refractivity contribution in [3.05, 3.63) is 65.7 Å². The molecule has 0 aliphatic carbocycles. The first-order chi connectivity index (χ1) is 17.0. The first-order valence-corrected chi connectivity index (χ1v) is 13.4. The number of nitrogens with zero attached hydrogens (tertiary/aromatic N) is 3. The van der Waals surface area contributed by atoms with Crippen LogP contribution >= 0.6 is 0 Å². The predicted octanol–water partition coefficient (Wildman–Crippen LogP) is 4.63. The van der Waals surface area contributed by atoms with Gasteiger partial charge in [0.15, 0.2) is 0 Å². The Hall–Kier alpha value is -2.37. The van der Waals surface area contributed by atoms with Crippen LogP contribution in [0.3, 0.4) is 0 Å². The maximum absolute atomic E-state index is 13.5. The monoisotopic (exact) mass is 475 g/mol. The second-order valence-corrected chi connectivity index (χ2v) is 11.2. The van der Waals surface area contributed by atoms with Gasteiger partial charge in [-0.3, -0.25) is 9.69 Å². The molecule has 2 atom stereocenters. The van der Waals surface area contributed by atoms with Gasteiger partial charge < -0.3 is 14.5 Å². The predicted molar refractivity (Wildman–Crippen MR) is 141 cm³/mol. The van der Waals surface area contributed by atoms with Crippen LogP contribution in [0.2, 0.25) is 0 Å². The summed E-state index contributed by atoms with van der Waals surface area (Å²) in [6, 6.07) is 19.8. The maximum Gasteiger partial charge on any atom is 0.229 e. The van der Waals surface area contributed by atoms with Gasteiger partial charge in [0.1, 0.15) is 5.75 Å². The summed E-state index contributed by atoms with van der Waals surface area (Å²) < 4.78 is 5.27. The van der Waals surface area contributed by atoms with Gasteiger partial charge >= 0.3 is 0 Å². The molecule has 0 N–H and O–H groups in total. The summed E-state index contributed by atoms with van der Waals surface area (Å²) in [7, 11) is 1.68. The molecule has 35 heavy (non-hydrogen) atoms. The lowest BCUT2D eigenvalue weighted by molar-refractivity contribution is -0.139. The van der Waals surface area contributed by atoms with Crippen molar-refractivity contribution in [1.29, 1.82) is 0 Å². The van der Waals surface area contributed by atoms with Crippen molar-refractivity contribution in [2.45, 2.75) is 51.6 Å². The Balaban J connectivity index is 1.18. The van der Waals surface area contributed by atoms with E-state index in [1.807, 2.05) is 12.1 Å². The molecule has 0 unspecified atom stereocenters. The van der Waals surface area contributed by atoms with Crippen LogP contribution in [-0.2, 0) is 11.3 Å². The lowest BCUT2D eigenvalue weighted by Gasteiger charge is -2.39. The van der Waals surface area contributed by atoms with Gasteiger partial charge in [-0.15, -0.1) is 0 Å². The van der Waals surface area contributed by atoms with Crippen LogP contribution in [0, 0.1) is 11.3 Å². The molecule has 3 saturated heterocycles. The van der Waals surface area contributed by atoms with Crippen LogP contribution in [0.5, 0.6) is 5.75 Å². The highest BCUT2D eigenvalue weighted by atomic mass is 16.5. The number of hydrogen-bond acceptors (Lipinski definition) is 4. The summed E-state index contributed by atoms with van der Waals surface area (Å²) in [5, 5.41) is 0. The quantitative estimate of drug-likeness (QED) is 0.585. The number of hydrogen-bond donors (Lipinski definition) is 0. The Morgan fingerprint density at radius 1 is 0.943 bits per heavy atom. The number of piperidine rings is 1. The minimum absolute atomic E-state index is 0.137. The highest BCUT2D eigenvalue weighted by molar-refractivity contribution is 5.85. The Morgan fingerprint density at radius 2 is 1.63 bits per heavy atom. The third-order valence-electron chi connectivity index (χ3n) is 8.87. The number of ether oxygens (including phenoxy) is 1. The summed E-state index contributed by atoms with van der Waals surface area (Å²) >= 11 is 0. The SMILES string of the molecule is COc1ccc(CN2CCC3(CCN(C[C@H]4CN(C(C)C)C[C@@H]4c4ccccc4)CC3)C2=O)cc1. The van der Waals surface area contributed by atoms with E-state index in [9.17, 15) is 4.79 Å². The average Bonchev–Trinajstić information content (AvgIpc) is 3.44. The first kappa shape index (κ1) is 24.3. The van der Waals surface area contributed by atoms with Gasteiger partial charge in [-0.05, 0) is 75.4 Å². The number of benzene rings is 2. The number of carbonyl (C=O) groups excluding carboxylic acids is 1. The molecule has 0 aromatic heterocycles. The molecule has 5 nitrogen and oxygen atoms in total. The summed E-state index contributed by atoms with van der Waals surface area (Å²) in [5.41, 5.74) is 2.52. The fourth-order valence-electron chi connectivity index (χ4n) is 6.54. The molecule has 0 radical (unpaired) electrons. The van der Waals surface area contributed by atoms with Crippen molar-refractivity contribution in [3.63, 3.8) is 0 Å². The van der Waals surface area contributed by atoms with E-state index in [1.54, 1.807) is 7.11 Å². The smallest absolute Gasteiger partial charge is 0.229 e. The summed E-state index contributed by atoms with van der Waals surface area (Å²) in [6.07, 6.45) is 3.01.